The van der Waals surface area contributed by atoms with Crippen LogP contribution in [0.2, 0.25) is 0 Å². The van der Waals surface area contributed by atoms with E-state index in [4.69, 9.17) is 4.74 Å². The Morgan fingerprint density at radius 2 is 2.12 bits per heavy atom. The summed E-state index contributed by atoms with van der Waals surface area (Å²) in [5.41, 5.74) is 0.0410. The summed E-state index contributed by atoms with van der Waals surface area (Å²) in [6, 6.07) is 0. The Labute approximate surface area is 103 Å². The number of hydrogen-bond donors (Lipinski definition) is 2. The highest BCUT2D eigenvalue weighted by atomic mass is 32.2. The molecule has 2 saturated heterocycles. The van der Waals surface area contributed by atoms with E-state index in [0.717, 1.165) is 19.5 Å². The molecule has 2 aliphatic rings. The summed E-state index contributed by atoms with van der Waals surface area (Å²) in [7, 11) is -3.33. The lowest BCUT2D eigenvalue weighted by Gasteiger charge is -2.29. The minimum absolute atomic E-state index is 0.0410. The monoisotopic (exact) mass is 263 g/mol. The van der Waals surface area contributed by atoms with Crippen LogP contribution in [-0.4, -0.2) is 58.7 Å². The van der Waals surface area contributed by atoms with Crippen molar-refractivity contribution in [1.82, 2.24) is 14.3 Å². The topological polar surface area (TPSA) is 70.7 Å². The fraction of sp³-hybridized carbons (Fsp3) is 1.00. The van der Waals surface area contributed by atoms with Crippen LogP contribution in [0.4, 0.5) is 0 Å². The highest BCUT2D eigenvalue weighted by molar-refractivity contribution is 7.87. The molecule has 100 valence electrons. The first-order chi connectivity index (χ1) is 8.02. The Kier molecular flexibility index (Phi) is 4.04. The average Bonchev–Trinajstić information content (AvgIpc) is 2.76. The van der Waals surface area contributed by atoms with E-state index < -0.39 is 10.2 Å². The molecule has 0 saturated carbocycles. The predicted octanol–water partition coefficient (Wildman–Crippen LogP) is -0.847. The molecule has 0 bridgehead atoms. The maximum atomic E-state index is 12.0. The van der Waals surface area contributed by atoms with Gasteiger partial charge in [0.05, 0.1) is 13.2 Å². The lowest BCUT2D eigenvalue weighted by molar-refractivity contribution is 0.0723. The van der Waals surface area contributed by atoms with Crippen molar-refractivity contribution in [2.45, 2.75) is 13.3 Å². The molecule has 17 heavy (non-hydrogen) atoms. The van der Waals surface area contributed by atoms with Crippen LogP contribution in [0.3, 0.4) is 0 Å². The van der Waals surface area contributed by atoms with Gasteiger partial charge in [-0.2, -0.15) is 12.7 Å². The summed E-state index contributed by atoms with van der Waals surface area (Å²) >= 11 is 0. The molecule has 0 radical (unpaired) electrons. The molecular formula is C10H21N3O3S. The predicted molar refractivity (Wildman–Crippen MR) is 64.9 cm³/mol. The third-order valence-corrected chi connectivity index (χ3v) is 5.00. The zero-order valence-electron chi connectivity index (χ0n) is 10.2. The van der Waals surface area contributed by atoms with Gasteiger partial charge in [-0.25, -0.2) is 4.72 Å². The van der Waals surface area contributed by atoms with Gasteiger partial charge in [0.25, 0.3) is 10.2 Å². The van der Waals surface area contributed by atoms with Gasteiger partial charge in [-0.15, -0.1) is 0 Å². The molecule has 2 N–H and O–H groups in total. The summed E-state index contributed by atoms with van der Waals surface area (Å²) in [6.07, 6.45) is 1.01. The maximum absolute atomic E-state index is 12.0. The van der Waals surface area contributed by atoms with E-state index in [9.17, 15) is 8.42 Å². The summed E-state index contributed by atoms with van der Waals surface area (Å²) < 4.78 is 33.4. The first-order valence-corrected chi connectivity index (χ1v) is 7.49. The van der Waals surface area contributed by atoms with Crippen LogP contribution in [0.5, 0.6) is 0 Å². The standard InChI is InChI=1S/C10H21N3O3S/c1-10(2-3-11-8-10)9-12-17(14,15)13-4-6-16-7-5-13/h11-12H,2-9H2,1H3. The smallest absolute Gasteiger partial charge is 0.279 e. The van der Waals surface area contributed by atoms with Gasteiger partial charge in [0, 0.05) is 26.2 Å². The number of ether oxygens (including phenoxy) is 1. The van der Waals surface area contributed by atoms with E-state index >= 15 is 0 Å². The first kappa shape index (κ1) is 13.2. The summed E-state index contributed by atoms with van der Waals surface area (Å²) in [4.78, 5) is 0. The molecule has 2 rings (SSSR count). The second-order valence-corrected chi connectivity index (χ2v) is 6.83. The quantitative estimate of drug-likeness (QED) is 0.693. The molecule has 1 unspecified atom stereocenters. The molecule has 0 aromatic heterocycles. The molecule has 0 amide bonds. The Morgan fingerprint density at radius 1 is 1.41 bits per heavy atom. The molecule has 1 atom stereocenters. The van der Waals surface area contributed by atoms with Crippen molar-refractivity contribution < 1.29 is 13.2 Å². The Bertz CT molecular complexity index is 346. The van der Waals surface area contributed by atoms with Crippen molar-refractivity contribution in [3.63, 3.8) is 0 Å². The molecule has 7 heteroatoms. The van der Waals surface area contributed by atoms with Crippen molar-refractivity contribution >= 4 is 10.2 Å². The van der Waals surface area contributed by atoms with Gasteiger partial charge >= 0.3 is 0 Å². The van der Waals surface area contributed by atoms with E-state index in [1.165, 1.54) is 4.31 Å². The average molecular weight is 263 g/mol. The first-order valence-electron chi connectivity index (χ1n) is 6.05. The van der Waals surface area contributed by atoms with E-state index in [1.807, 2.05) is 0 Å². The number of nitrogens with zero attached hydrogens (tertiary/aromatic N) is 1. The molecule has 0 aromatic carbocycles. The van der Waals surface area contributed by atoms with Crippen LogP contribution in [-0.2, 0) is 14.9 Å². The van der Waals surface area contributed by atoms with Gasteiger partial charge in [-0.05, 0) is 18.4 Å². The van der Waals surface area contributed by atoms with Gasteiger partial charge in [-0.3, -0.25) is 0 Å². The molecule has 0 aliphatic carbocycles. The molecule has 2 heterocycles. The van der Waals surface area contributed by atoms with E-state index in [1.54, 1.807) is 0 Å². The number of morpholine rings is 1. The van der Waals surface area contributed by atoms with E-state index in [0.29, 0.717) is 32.8 Å². The molecule has 0 aromatic rings. The fourth-order valence-corrected chi connectivity index (χ4v) is 3.51. The Morgan fingerprint density at radius 3 is 2.71 bits per heavy atom. The van der Waals surface area contributed by atoms with Gasteiger partial charge < -0.3 is 10.1 Å². The van der Waals surface area contributed by atoms with E-state index in [-0.39, 0.29) is 5.41 Å². The second-order valence-electron chi connectivity index (χ2n) is 5.08. The van der Waals surface area contributed by atoms with Crippen molar-refractivity contribution in [2.24, 2.45) is 5.41 Å². The second kappa shape index (κ2) is 5.19. The summed E-state index contributed by atoms with van der Waals surface area (Å²) in [5.74, 6) is 0. The molecule has 6 nitrogen and oxygen atoms in total. The number of nitrogens with one attached hydrogen (secondary N) is 2. The van der Waals surface area contributed by atoms with Crippen LogP contribution in [0.25, 0.3) is 0 Å². The highest BCUT2D eigenvalue weighted by Gasteiger charge is 2.32. The number of hydrogen-bond acceptors (Lipinski definition) is 4. The molecule has 2 fully saturated rings. The SMILES string of the molecule is CC1(CNS(=O)(=O)N2CCOCC2)CCNC1. The van der Waals surface area contributed by atoms with Crippen molar-refractivity contribution in [3.8, 4) is 0 Å². The van der Waals surface area contributed by atoms with Gasteiger partial charge in [0.1, 0.15) is 0 Å². The van der Waals surface area contributed by atoms with Gasteiger partial charge in [0.15, 0.2) is 0 Å². The zero-order valence-corrected chi connectivity index (χ0v) is 11.1. The number of rotatable bonds is 4. The van der Waals surface area contributed by atoms with Gasteiger partial charge in [-0.1, -0.05) is 6.92 Å². The van der Waals surface area contributed by atoms with Crippen LogP contribution in [0.1, 0.15) is 13.3 Å². The summed E-state index contributed by atoms with van der Waals surface area (Å²) in [5, 5.41) is 3.26. The highest BCUT2D eigenvalue weighted by Crippen LogP contribution is 2.23. The van der Waals surface area contributed by atoms with Crippen molar-refractivity contribution in [1.29, 1.82) is 0 Å². The molecule has 2 aliphatic heterocycles. The largest absolute Gasteiger partial charge is 0.379 e. The Balaban J connectivity index is 1.88. The van der Waals surface area contributed by atoms with Crippen LogP contribution in [0, 0.1) is 5.41 Å². The maximum Gasteiger partial charge on any atom is 0.279 e. The zero-order chi connectivity index (χ0) is 12.4. The summed E-state index contributed by atoms with van der Waals surface area (Å²) in [6.45, 7) is 6.32. The van der Waals surface area contributed by atoms with Crippen LogP contribution >= 0.6 is 0 Å². The molecular weight excluding hydrogens is 242 g/mol. The lowest BCUT2D eigenvalue weighted by atomic mass is 9.90. The minimum Gasteiger partial charge on any atom is -0.379 e. The molecule has 0 spiro atoms. The minimum atomic E-state index is -3.33. The van der Waals surface area contributed by atoms with Crippen molar-refractivity contribution in [3.05, 3.63) is 0 Å². The van der Waals surface area contributed by atoms with Gasteiger partial charge in [0.2, 0.25) is 0 Å². The Hall–Kier alpha value is -0.210. The van der Waals surface area contributed by atoms with Crippen LogP contribution < -0.4 is 10.0 Å². The normalized spacial score (nSPS) is 31.8. The fourth-order valence-electron chi connectivity index (χ4n) is 2.16. The van der Waals surface area contributed by atoms with E-state index in [2.05, 4.69) is 17.0 Å². The van der Waals surface area contributed by atoms with Crippen LogP contribution in [0.15, 0.2) is 0 Å². The lowest BCUT2D eigenvalue weighted by Crippen LogP contribution is -2.49. The third kappa shape index (κ3) is 3.38. The third-order valence-electron chi connectivity index (χ3n) is 3.45. The van der Waals surface area contributed by atoms with Crippen molar-refractivity contribution in [2.75, 3.05) is 45.9 Å².